The molecule has 0 aliphatic rings. The molecule has 0 bridgehead atoms. The molecule has 0 N–H and O–H groups in total. The second kappa shape index (κ2) is 15.4. The minimum Gasteiger partial charge on any atom is -0.300 e. The maximum absolute atomic E-state index is 5.46. The fourth-order valence-corrected chi connectivity index (χ4v) is 7.05. The molecule has 256 valence electrons. The molecule has 3 nitrogen and oxygen atoms in total. The summed E-state index contributed by atoms with van der Waals surface area (Å²) in [6.45, 7) is 4.41. The average Bonchev–Trinajstić information content (AvgIpc) is 3.24. The van der Waals surface area contributed by atoms with Crippen LogP contribution in [-0.4, -0.2) is 15.0 Å². The smallest absolute Gasteiger partial charge is 0.300 e. The van der Waals surface area contributed by atoms with Crippen LogP contribution in [0.5, 0.6) is 0 Å². The fourth-order valence-electron chi connectivity index (χ4n) is 7.05. The van der Waals surface area contributed by atoms with Gasteiger partial charge < -0.3 is 0 Å². The molecule has 5 aromatic carbocycles. The molecule has 3 aromatic heterocycles. The van der Waals surface area contributed by atoms with Gasteiger partial charge in [0.2, 0.25) is 0 Å². The molecule has 0 radical (unpaired) electrons. The number of pyridine rings is 3. The van der Waals surface area contributed by atoms with Crippen LogP contribution >= 0.6 is 0 Å². The van der Waals surface area contributed by atoms with Crippen molar-refractivity contribution in [2.45, 2.75) is 24.7 Å². The normalized spacial score (nSPS) is 13.2. The van der Waals surface area contributed by atoms with Gasteiger partial charge in [0.1, 0.15) is 0 Å². The number of nitrogens with zero attached hydrogens (tertiary/aromatic N) is 3. The molecule has 53 heavy (non-hydrogen) atoms. The van der Waals surface area contributed by atoms with Gasteiger partial charge in [-0.3, -0.25) is 15.0 Å². The van der Waals surface area contributed by atoms with Crippen molar-refractivity contribution in [3.8, 4) is 33.5 Å². The Morgan fingerprint density at radius 3 is 1.68 bits per heavy atom. The summed E-state index contributed by atoms with van der Waals surface area (Å²) in [7, 11) is 0. The van der Waals surface area contributed by atoms with Gasteiger partial charge in [0.15, 0.2) is 0 Å². The molecular weight excluding hydrogens is 823 g/mol. The SMILES string of the molecule is CC(c1[c-]c(-c2cc(-c3ccccc3)cc(C(C)(c3[c-]cccc3)c3ccccn3)n2)ccc1)(c1[c-]ccc(-c2ccccc2)c1)c1ccccn1.[Ir+3]. The molecule has 8 rings (SSSR count). The molecule has 2 unspecified atom stereocenters. The van der Waals surface area contributed by atoms with Crippen molar-refractivity contribution < 1.29 is 20.1 Å². The van der Waals surface area contributed by atoms with Gasteiger partial charge in [-0.25, -0.2) is 0 Å². The van der Waals surface area contributed by atoms with Crippen molar-refractivity contribution in [2.75, 3.05) is 0 Å². The van der Waals surface area contributed by atoms with Gasteiger partial charge in [0.05, 0.1) is 16.8 Å². The van der Waals surface area contributed by atoms with E-state index in [1.807, 2.05) is 67.0 Å². The zero-order chi connectivity index (χ0) is 35.4. The monoisotopic (exact) mass is 859 g/mol. The Morgan fingerprint density at radius 1 is 0.434 bits per heavy atom. The van der Waals surface area contributed by atoms with E-state index in [0.29, 0.717) is 0 Å². The summed E-state index contributed by atoms with van der Waals surface area (Å²) in [6, 6.07) is 69.2. The van der Waals surface area contributed by atoms with Crippen molar-refractivity contribution in [2.24, 2.45) is 0 Å². The maximum Gasteiger partial charge on any atom is 3.00 e. The van der Waals surface area contributed by atoms with Gasteiger partial charge in [0, 0.05) is 23.5 Å². The Bertz CT molecular complexity index is 2380. The second-order valence-electron chi connectivity index (χ2n) is 13.3. The van der Waals surface area contributed by atoms with Gasteiger partial charge in [0.25, 0.3) is 0 Å². The summed E-state index contributed by atoms with van der Waals surface area (Å²) in [5, 5.41) is 0. The minimum atomic E-state index is -0.686. The molecule has 0 fully saturated rings. The third kappa shape index (κ3) is 6.92. The number of benzene rings is 5. The number of rotatable bonds is 9. The molecule has 0 amide bonds. The van der Waals surface area contributed by atoms with Crippen LogP contribution in [0.15, 0.2) is 182 Å². The van der Waals surface area contributed by atoms with E-state index in [4.69, 9.17) is 15.0 Å². The van der Waals surface area contributed by atoms with Gasteiger partial charge >= 0.3 is 20.1 Å². The summed E-state index contributed by atoms with van der Waals surface area (Å²) in [4.78, 5) is 15.2. The molecule has 2 atom stereocenters. The summed E-state index contributed by atoms with van der Waals surface area (Å²) >= 11 is 0. The van der Waals surface area contributed by atoms with Crippen LogP contribution in [0, 0.1) is 18.2 Å². The Balaban J connectivity index is 0.00000435. The molecule has 3 heterocycles. The molecule has 8 aromatic rings. The van der Waals surface area contributed by atoms with E-state index < -0.39 is 10.8 Å². The first-order chi connectivity index (χ1) is 25.5. The quantitative estimate of drug-likeness (QED) is 0.136. The standard InChI is InChI=1S/C49H36N3.Ir/c1-48(45-28-12-14-30-50-45,42-26-16-22-38(32-42)36-18-6-3-7-19-36)43-27-17-23-39(33-43)44-34-40(37-20-8-4-9-21-37)35-47(52-44)49(2,41-24-10-5-11-25-41)46-29-13-15-31-51-46;/h3-24,27-32,34-35H,1-2H3;/q-3;+3. The van der Waals surface area contributed by atoms with Crippen LogP contribution in [0.4, 0.5) is 0 Å². The van der Waals surface area contributed by atoms with Crippen LogP contribution in [-0.2, 0) is 30.9 Å². The number of hydrogen-bond acceptors (Lipinski definition) is 3. The summed E-state index contributed by atoms with van der Waals surface area (Å²) in [5.41, 5.74) is 10.5. The first-order valence-electron chi connectivity index (χ1n) is 17.5. The van der Waals surface area contributed by atoms with E-state index >= 15 is 0 Å². The van der Waals surface area contributed by atoms with Crippen LogP contribution in [0.25, 0.3) is 33.5 Å². The van der Waals surface area contributed by atoms with E-state index in [-0.39, 0.29) is 20.1 Å². The van der Waals surface area contributed by atoms with E-state index in [0.717, 1.165) is 67.3 Å². The Hall–Kier alpha value is -5.80. The van der Waals surface area contributed by atoms with E-state index in [2.05, 4.69) is 147 Å². The predicted octanol–water partition coefficient (Wildman–Crippen LogP) is 11.0. The summed E-state index contributed by atoms with van der Waals surface area (Å²) < 4.78 is 0. The van der Waals surface area contributed by atoms with Crippen molar-refractivity contribution in [3.63, 3.8) is 0 Å². The summed E-state index contributed by atoms with van der Waals surface area (Å²) in [6.07, 6.45) is 3.70. The third-order valence-electron chi connectivity index (χ3n) is 10.1. The van der Waals surface area contributed by atoms with E-state index in [9.17, 15) is 0 Å². The maximum atomic E-state index is 5.46. The minimum absolute atomic E-state index is 0. The van der Waals surface area contributed by atoms with Crippen molar-refractivity contribution in [1.29, 1.82) is 0 Å². The Morgan fingerprint density at radius 2 is 1.04 bits per heavy atom. The first kappa shape index (κ1) is 35.6. The second-order valence-corrected chi connectivity index (χ2v) is 13.3. The van der Waals surface area contributed by atoms with Crippen LogP contribution in [0.2, 0.25) is 0 Å². The zero-order valence-corrected chi connectivity index (χ0v) is 31.9. The fraction of sp³-hybridized carbons (Fsp3) is 0.0816. The van der Waals surface area contributed by atoms with Crippen molar-refractivity contribution in [1.82, 2.24) is 15.0 Å². The predicted molar refractivity (Wildman–Crippen MR) is 210 cm³/mol. The third-order valence-corrected chi connectivity index (χ3v) is 10.1. The van der Waals surface area contributed by atoms with Gasteiger partial charge in [-0.15, -0.1) is 52.1 Å². The van der Waals surface area contributed by atoms with Crippen LogP contribution in [0.1, 0.15) is 47.6 Å². The van der Waals surface area contributed by atoms with E-state index in [1.165, 1.54) is 0 Å². The summed E-state index contributed by atoms with van der Waals surface area (Å²) in [5.74, 6) is 0. The molecule has 0 aliphatic carbocycles. The van der Waals surface area contributed by atoms with Crippen LogP contribution < -0.4 is 0 Å². The molecule has 0 saturated carbocycles. The molecule has 0 saturated heterocycles. The molecule has 4 heteroatoms. The largest absolute Gasteiger partial charge is 3.00 e. The topological polar surface area (TPSA) is 38.7 Å². The first-order valence-corrected chi connectivity index (χ1v) is 17.5. The van der Waals surface area contributed by atoms with Crippen molar-refractivity contribution >= 4 is 0 Å². The van der Waals surface area contributed by atoms with Gasteiger partial charge in [-0.1, -0.05) is 78.9 Å². The Labute approximate surface area is 325 Å². The molecular formula is C49H36IrN3. The number of hydrogen-bond donors (Lipinski definition) is 0. The van der Waals surface area contributed by atoms with E-state index in [1.54, 1.807) is 0 Å². The van der Waals surface area contributed by atoms with Gasteiger partial charge in [-0.2, -0.15) is 54.6 Å². The van der Waals surface area contributed by atoms with Crippen LogP contribution in [0.3, 0.4) is 0 Å². The van der Waals surface area contributed by atoms with Crippen molar-refractivity contribution in [3.05, 3.63) is 234 Å². The molecule has 0 aliphatic heterocycles. The number of aromatic nitrogens is 3. The van der Waals surface area contributed by atoms with Gasteiger partial charge in [-0.05, 0) is 66.6 Å². The zero-order valence-electron chi connectivity index (χ0n) is 29.5. The average molecular weight is 859 g/mol. The molecule has 0 spiro atoms. The Kier molecular flexibility index (Phi) is 10.4.